The van der Waals surface area contributed by atoms with E-state index in [1.807, 2.05) is 44.2 Å². The van der Waals surface area contributed by atoms with E-state index in [1.165, 1.54) is 10.8 Å². The highest BCUT2D eigenvalue weighted by molar-refractivity contribution is 5.87. The number of nitriles is 1. The summed E-state index contributed by atoms with van der Waals surface area (Å²) in [5.41, 5.74) is 2.21. The van der Waals surface area contributed by atoms with Crippen LogP contribution in [0.3, 0.4) is 0 Å². The van der Waals surface area contributed by atoms with E-state index in [4.69, 9.17) is 0 Å². The molecule has 0 atom stereocenters. The number of aromatic nitrogens is 1. The highest BCUT2D eigenvalue weighted by Gasteiger charge is 2.17. The van der Waals surface area contributed by atoms with Gasteiger partial charge in [-0.1, -0.05) is 25.1 Å². The fourth-order valence-corrected chi connectivity index (χ4v) is 2.40. The second kappa shape index (κ2) is 6.93. The minimum atomic E-state index is -0.461. The fraction of sp³-hybridized carbons (Fsp3) is 0.278. The average Bonchev–Trinajstić information content (AvgIpc) is 2.53. The van der Waals surface area contributed by atoms with Crippen LogP contribution in [0.1, 0.15) is 35.6 Å². The average molecular weight is 309 g/mol. The molecule has 2 aromatic rings. The molecule has 1 N–H and O–H groups in total. The summed E-state index contributed by atoms with van der Waals surface area (Å²) in [5.74, 6) is -0.148. The van der Waals surface area contributed by atoms with E-state index in [9.17, 15) is 15.2 Å². The molecule has 0 radical (unpaired) electrons. The van der Waals surface area contributed by atoms with Gasteiger partial charge in [0.1, 0.15) is 11.6 Å². The predicted molar refractivity (Wildman–Crippen MR) is 90.5 cm³/mol. The Hall–Kier alpha value is -2.87. The van der Waals surface area contributed by atoms with Crippen molar-refractivity contribution >= 4 is 11.9 Å². The lowest BCUT2D eigenvalue weighted by molar-refractivity contribution is 0.403. The maximum absolute atomic E-state index is 12.2. The molecule has 1 aromatic carbocycles. The SMILES string of the molecule is CCCn1c(O)c(C=Nc2ccccc2C)c(C)c(C#N)c1=O. The van der Waals surface area contributed by atoms with Gasteiger partial charge in [0.25, 0.3) is 5.56 Å². The van der Waals surface area contributed by atoms with E-state index in [2.05, 4.69) is 4.99 Å². The third-order valence-corrected chi connectivity index (χ3v) is 3.74. The van der Waals surface area contributed by atoms with Gasteiger partial charge < -0.3 is 5.11 Å². The van der Waals surface area contributed by atoms with Crippen LogP contribution in [-0.4, -0.2) is 15.9 Å². The highest BCUT2D eigenvalue weighted by Crippen LogP contribution is 2.22. The Kier molecular flexibility index (Phi) is 4.97. The van der Waals surface area contributed by atoms with Gasteiger partial charge in [0.15, 0.2) is 0 Å². The van der Waals surface area contributed by atoms with Crippen LogP contribution in [0.5, 0.6) is 5.88 Å². The van der Waals surface area contributed by atoms with E-state index in [-0.39, 0.29) is 11.4 Å². The first-order valence-corrected chi connectivity index (χ1v) is 7.47. The van der Waals surface area contributed by atoms with Crippen molar-refractivity contribution in [2.75, 3.05) is 0 Å². The third kappa shape index (κ3) is 3.16. The number of hydrogen-bond acceptors (Lipinski definition) is 4. The Morgan fingerprint density at radius 3 is 2.65 bits per heavy atom. The standard InChI is InChI=1S/C18H19N3O2/c1-4-9-21-17(22)14(10-19)13(3)15(18(21)23)11-20-16-8-6-5-7-12(16)2/h5-8,11,23H,4,9H2,1-3H3. The van der Waals surface area contributed by atoms with Crippen molar-refractivity contribution in [1.29, 1.82) is 5.26 Å². The van der Waals surface area contributed by atoms with Gasteiger partial charge in [0.2, 0.25) is 5.88 Å². The second-order valence-corrected chi connectivity index (χ2v) is 5.35. The Morgan fingerprint density at radius 1 is 1.35 bits per heavy atom. The van der Waals surface area contributed by atoms with Crippen LogP contribution in [0.4, 0.5) is 5.69 Å². The van der Waals surface area contributed by atoms with Crippen LogP contribution in [-0.2, 0) is 6.54 Å². The van der Waals surface area contributed by atoms with Crippen molar-refractivity contribution in [2.45, 2.75) is 33.7 Å². The van der Waals surface area contributed by atoms with Gasteiger partial charge >= 0.3 is 0 Å². The normalized spacial score (nSPS) is 10.9. The number of hydrogen-bond donors (Lipinski definition) is 1. The van der Waals surface area contributed by atoms with Gasteiger partial charge in [-0.25, -0.2) is 0 Å². The summed E-state index contributed by atoms with van der Waals surface area (Å²) in [5, 5.41) is 19.7. The van der Waals surface area contributed by atoms with Crippen molar-refractivity contribution < 1.29 is 5.11 Å². The number of para-hydroxylation sites is 1. The first-order chi connectivity index (χ1) is 11.0. The molecule has 0 saturated heterocycles. The molecule has 5 nitrogen and oxygen atoms in total. The number of pyridine rings is 1. The number of aliphatic imine (C=N–C) groups is 1. The Labute approximate surface area is 135 Å². The van der Waals surface area contributed by atoms with Gasteiger partial charge in [0, 0.05) is 12.8 Å². The summed E-state index contributed by atoms with van der Waals surface area (Å²) in [6.07, 6.45) is 2.19. The molecule has 0 aliphatic rings. The smallest absolute Gasteiger partial charge is 0.271 e. The van der Waals surface area contributed by atoms with Crippen LogP contribution in [0, 0.1) is 25.2 Å². The summed E-state index contributed by atoms with van der Waals surface area (Å²) in [7, 11) is 0. The van der Waals surface area contributed by atoms with E-state index < -0.39 is 5.56 Å². The molecule has 5 heteroatoms. The lowest BCUT2D eigenvalue weighted by Gasteiger charge is -2.13. The molecular weight excluding hydrogens is 290 g/mol. The number of aromatic hydroxyl groups is 1. The van der Waals surface area contributed by atoms with E-state index in [0.29, 0.717) is 24.1 Å². The minimum Gasteiger partial charge on any atom is -0.494 e. The van der Waals surface area contributed by atoms with E-state index >= 15 is 0 Å². The molecule has 0 fully saturated rings. The molecule has 0 unspecified atom stereocenters. The summed E-state index contributed by atoms with van der Waals surface area (Å²) in [6.45, 7) is 5.84. The number of rotatable bonds is 4. The maximum Gasteiger partial charge on any atom is 0.271 e. The second-order valence-electron chi connectivity index (χ2n) is 5.35. The molecule has 0 aliphatic carbocycles. The number of aryl methyl sites for hydroxylation is 1. The zero-order chi connectivity index (χ0) is 17.0. The van der Waals surface area contributed by atoms with Crippen molar-refractivity contribution in [3.8, 4) is 11.9 Å². The van der Waals surface area contributed by atoms with Gasteiger partial charge in [-0.2, -0.15) is 5.26 Å². The largest absolute Gasteiger partial charge is 0.494 e. The summed E-state index contributed by atoms with van der Waals surface area (Å²) < 4.78 is 1.23. The molecule has 2 rings (SSSR count). The van der Waals surface area contributed by atoms with E-state index in [0.717, 1.165) is 11.3 Å². The van der Waals surface area contributed by atoms with Crippen LogP contribution in [0.15, 0.2) is 34.1 Å². The number of benzene rings is 1. The first-order valence-electron chi connectivity index (χ1n) is 7.47. The Morgan fingerprint density at radius 2 is 2.04 bits per heavy atom. The monoisotopic (exact) mass is 309 g/mol. The van der Waals surface area contributed by atoms with Gasteiger partial charge in [0.05, 0.1) is 11.3 Å². The van der Waals surface area contributed by atoms with Crippen molar-refractivity contribution in [1.82, 2.24) is 4.57 Å². The Balaban J connectivity index is 2.63. The third-order valence-electron chi connectivity index (χ3n) is 3.74. The zero-order valence-corrected chi connectivity index (χ0v) is 13.5. The van der Waals surface area contributed by atoms with Gasteiger partial charge in [-0.05, 0) is 37.5 Å². The first kappa shape index (κ1) is 16.5. The van der Waals surface area contributed by atoms with E-state index in [1.54, 1.807) is 6.92 Å². The molecule has 0 saturated carbocycles. The molecule has 1 heterocycles. The molecule has 23 heavy (non-hydrogen) atoms. The molecule has 0 aliphatic heterocycles. The summed E-state index contributed by atoms with van der Waals surface area (Å²) in [6, 6.07) is 9.55. The summed E-state index contributed by atoms with van der Waals surface area (Å²) >= 11 is 0. The van der Waals surface area contributed by atoms with Crippen molar-refractivity contribution in [3.05, 3.63) is 56.9 Å². The fourth-order valence-electron chi connectivity index (χ4n) is 2.40. The lowest BCUT2D eigenvalue weighted by atomic mass is 10.1. The highest BCUT2D eigenvalue weighted by atomic mass is 16.3. The molecule has 0 amide bonds. The molecule has 0 bridgehead atoms. The van der Waals surface area contributed by atoms with Crippen LogP contribution in [0.2, 0.25) is 0 Å². The molecular formula is C18H19N3O2. The van der Waals surface area contributed by atoms with Crippen molar-refractivity contribution in [3.63, 3.8) is 0 Å². The van der Waals surface area contributed by atoms with Crippen LogP contribution in [0.25, 0.3) is 0 Å². The molecule has 0 spiro atoms. The molecule has 1 aromatic heterocycles. The van der Waals surface area contributed by atoms with Crippen molar-refractivity contribution in [2.24, 2.45) is 4.99 Å². The maximum atomic E-state index is 12.2. The van der Waals surface area contributed by atoms with Gasteiger partial charge in [-0.15, -0.1) is 0 Å². The lowest BCUT2D eigenvalue weighted by Crippen LogP contribution is -2.25. The summed E-state index contributed by atoms with van der Waals surface area (Å²) in [4.78, 5) is 16.6. The van der Waals surface area contributed by atoms with Crippen LogP contribution >= 0.6 is 0 Å². The molecule has 118 valence electrons. The Bertz CT molecular complexity index is 858. The minimum absolute atomic E-state index is 0.0440. The van der Waals surface area contributed by atoms with Crippen LogP contribution < -0.4 is 5.56 Å². The number of nitrogens with zero attached hydrogens (tertiary/aromatic N) is 3. The van der Waals surface area contributed by atoms with Gasteiger partial charge in [-0.3, -0.25) is 14.4 Å². The predicted octanol–water partition coefficient (Wildman–Crippen LogP) is 3.20. The zero-order valence-electron chi connectivity index (χ0n) is 13.5. The topological polar surface area (TPSA) is 78.4 Å². The quantitative estimate of drug-likeness (QED) is 0.881.